The molecule has 0 unspecified atom stereocenters. The molecule has 1 aliphatic rings. The van der Waals surface area contributed by atoms with Crippen LogP contribution in [0.25, 0.3) is 0 Å². The van der Waals surface area contributed by atoms with Gasteiger partial charge < -0.3 is 10.6 Å². The summed E-state index contributed by atoms with van der Waals surface area (Å²) < 4.78 is 1.06. The van der Waals surface area contributed by atoms with Gasteiger partial charge in [0.15, 0.2) is 0 Å². The summed E-state index contributed by atoms with van der Waals surface area (Å²) in [6.07, 6.45) is 6.30. The molecule has 1 aromatic rings. The van der Waals surface area contributed by atoms with Gasteiger partial charge in [0, 0.05) is 15.5 Å². The smallest absolute Gasteiger partial charge is 0.226 e. The van der Waals surface area contributed by atoms with Gasteiger partial charge in [0.25, 0.3) is 0 Å². The molecule has 20 heavy (non-hydrogen) atoms. The van der Waals surface area contributed by atoms with Crippen molar-refractivity contribution in [2.75, 3.05) is 12.4 Å². The maximum atomic E-state index is 12.3. The molecule has 5 heteroatoms. The topological polar surface area (TPSA) is 41.1 Å². The minimum atomic E-state index is -0.0436. The van der Waals surface area contributed by atoms with Gasteiger partial charge in [0.05, 0.1) is 10.7 Å². The number of carbonyl (C=O) groups is 1. The quantitative estimate of drug-likeness (QED) is 0.736. The molecule has 1 saturated carbocycles. The molecule has 0 heterocycles. The Balaban J connectivity index is 2.00. The fraction of sp³-hybridized carbons (Fsp3) is 0.533. The van der Waals surface area contributed by atoms with Crippen LogP contribution in [0.15, 0.2) is 18.2 Å². The van der Waals surface area contributed by atoms with Gasteiger partial charge in [-0.25, -0.2) is 0 Å². The van der Waals surface area contributed by atoms with Crippen molar-refractivity contribution < 1.29 is 4.79 Å². The second-order valence-electron chi connectivity index (χ2n) is 5.44. The van der Waals surface area contributed by atoms with Crippen LogP contribution in [0.4, 0.5) is 5.69 Å². The standard InChI is InChI=1S/C15H20ClIN2O/c1-18-15(7-3-2-4-8-15)10-14(20)19-13-6-5-11(17)9-12(13)16/h5-6,9,18H,2-4,7-8,10H2,1H3,(H,19,20). The number of benzene rings is 1. The van der Waals surface area contributed by atoms with Crippen molar-refractivity contribution in [2.45, 2.75) is 44.1 Å². The molecule has 1 amide bonds. The van der Waals surface area contributed by atoms with E-state index in [1.807, 2.05) is 25.2 Å². The zero-order valence-corrected chi connectivity index (χ0v) is 14.6. The number of hydrogen-bond donors (Lipinski definition) is 2. The molecule has 0 spiro atoms. The van der Waals surface area contributed by atoms with Crippen LogP contribution in [0.3, 0.4) is 0 Å². The Kier molecular flexibility index (Phi) is 5.69. The van der Waals surface area contributed by atoms with Crippen LogP contribution in [-0.4, -0.2) is 18.5 Å². The Morgan fingerprint density at radius 3 is 2.65 bits per heavy atom. The van der Waals surface area contributed by atoms with Crippen LogP contribution in [-0.2, 0) is 4.79 Å². The molecule has 0 radical (unpaired) electrons. The lowest BCUT2D eigenvalue weighted by Crippen LogP contribution is -2.47. The average Bonchev–Trinajstić information content (AvgIpc) is 2.43. The maximum absolute atomic E-state index is 12.3. The lowest BCUT2D eigenvalue weighted by molar-refractivity contribution is -0.117. The molecule has 1 aliphatic carbocycles. The van der Waals surface area contributed by atoms with Gasteiger partial charge in [0.1, 0.15) is 0 Å². The van der Waals surface area contributed by atoms with Crippen LogP contribution in [0, 0.1) is 3.57 Å². The molecule has 1 aromatic carbocycles. The molecule has 1 fully saturated rings. The molecule has 3 nitrogen and oxygen atoms in total. The van der Waals surface area contributed by atoms with Crippen molar-refractivity contribution in [1.82, 2.24) is 5.32 Å². The Bertz CT molecular complexity index is 487. The molecule has 2 rings (SSSR count). The van der Waals surface area contributed by atoms with E-state index in [0.29, 0.717) is 17.1 Å². The van der Waals surface area contributed by atoms with E-state index >= 15 is 0 Å². The third-order valence-electron chi connectivity index (χ3n) is 4.05. The van der Waals surface area contributed by atoms with E-state index in [2.05, 4.69) is 33.2 Å². The van der Waals surface area contributed by atoms with Crippen molar-refractivity contribution >= 4 is 45.8 Å². The number of halogens is 2. The van der Waals surface area contributed by atoms with E-state index in [4.69, 9.17) is 11.6 Å². The van der Waals surface area contributed by atoms with Crippen molar-refractivity contribution in [3.8, 4) is 0 Å². The van der Waals surface area contributed by atoms with Gasteiger partial charge in [-0.3, -0.25) is 4.79 Å². The third-order valence-corrected chi connectivity index (χ3v) is 5.03. The van der Waals surface area contributed by atoms with Crippen molar-refractivity contribution in [1.29, 1.82) is 0 Å². The first-order valence-corrected chi connectivity index (χ1v) is 8.44. The summed E-state index contributed by atoms with van der Waals surface area (Å²) in [4.78, 5) is 12.3. The first-order chi connectivity index (χ1) is 9.54. The van der Waals surface area contributed by atoms with Crippen LogP contribution in [0.1, 0.15) is 38.5 Å². The second kappa shape index (κ2) is 7.09. The summed E-state index contributed by atoms with van der Waals surface area (Å²) in [6.45, 7) is 0. The molecule has 0 atom stereocenters. The number of rotatable bonds is 4. The highest BCUT2D eigenvalue weighted by Gasteiger charge is 2.32. The normalized spacial score (nSPS) is 17.8. The lowest BCUT2D eigenvalue weighted by Gasteiger charge is -2.36. The molecule has 0 aliphatic heterocycles. The SMILES string of the molecule is CNC1(CC(=O)Nc2ccc(I)cc2Cl)CCCCC1. The summed E-state index contributed by atoms with van der Waals surface area (Å²) in [7, 11) is 1.95. The van der Waals surface area contributed by atoms with Crippen LogP contribution >= 0.6 is 34.2 Å². The predicted octanol–water partition coefficient (Wildman–Crippen LogP) is 4.20. The highest BCUT2D eigenvalue weighted by atomic mass is 127. The summed E-state index contributed by atoms with van der Waals surface area (Å²) in [6, 6.07) is 5.65. The monoisotopic (exact) mass is 406 g/mol. The Morgan fingerprint density at radius 1 is 1.35 bits per heavy atom. The zero-order valence-electron chi connectivity index (χ0n) is 11.6. The highest BCUT2D eigenvalue weighted by Crippen LogP contribution is 2.31. The molecule has 0 bridgehead atoms. The van der Waals surface area contributed by atoms with E-state index in [0.717, 1.165) is 16.4 Å². The first kappa shape index (κ1) is 16.0. The number of carbonyl (C=O) groups excluding carboxylic acids is 1. The molecular formula is C15H20ClIN2O. The number of anilines is 1. The predicted molar refractivity (Wildman–Crippen MR) is 92.3 cm³/mol. The molecule has 0 aromatic heterocycles. The summed E-state index contributed by atoms with van der Waals surface area (Å²) >= 11 is 8.35. The van der Waals surface area contributed by atoms with Crippen LogP contribution < -0.4 is 10.6 Å². The number of amides is 1. The number of nitrogens with one attached hydrogen (secondary N) is 2. The van der Waals surface area contributed by atoms with Crippen molar-refractivity contribution in [3.63, 3.8) is 0 Å². The molecular weight excluding hydrogens is 387 g/mol. The Labute approximate surface area is 139 Å². The maximum Gasteiger partial charge on any atom is 0.226 e. The molecule has 0 saturated heterocycles. The molecule has 110 valence electrons. The van der Waals surface area contributed by atoms with E-state index in [1.165, 1.54) is 19.3 Å². The van der Waals surface area contributed by atoms with E-state index < -0.39 is 0 Å². The van der Waals surface area contributed by atoms with Crippen LogP contribution in [0.5, 0.6) is 0 Å². The van der Waals surface area contributed by atoms with Gasteiger partial charge in [0.2, 0.25) is 5.91 Å². The van der Waals surface area contributed by atoms with E-state index in [1.54, 1.807) is 0 Å². The minimum absolute atomic E-state index is 0.0318. The van der Waals surface area contributed by atoms with Crippen molar-refractivity contribution in [2.24, 2.45) is 0 Å². The van der Waals surface area contributed by atoms with Gasteiger partial charge in [-0.15, -0.1) is 0 Å². The van der Waals surface area contributed by atoms with Gasteiger partial charge in [-0.1, -0.05) is 30.9 Å². The minimum Gasteiger partial charge on any atom is -0.325 e. The molecule has 2 N–H and O–H groups in total. The second-order valence-corrected chi connectivity index (χ2v) is 7.09. The van der Waals surface area contributed by atoms with E-state index in [-0.39, 0.29) is 11.4 Å². The third kappa shape index (κ3) is 4.09. The summed E-state index contributed by atoms with van der Waals surface area (Å²) in [5.74, 6) is 0.0318. The fourth-order valence-corrected chi connectivity index (χ4v) is 3.74. The van der Waals surface area contributed by atoms with Gasteiger partial charge in [-0.2, -0.15) is 0 Å². The average molecular weight is 407 g/mol. The number of hydrogen-bond acceptors (Lipinski definition) is 2. The first-order valence-electron chi connectivity index (χ1n) is 6.98. The van der Waals surface area contributed by atoms with Crippen LogP contribution in [0.2, 0.25) is 5.02 Å². The lowest BCUT2D eigenvalue weighted by atomic mass is 9.79. The highest BCUT2D eigenvalue weighted by molar-refractivity contribution is 14.1. The van der Waals surface area contributed by atoms with Gasteiger partial charge in [-0.05, 0) is 60.7 Å². The Morgan fingerprint density at radius 2 is 2.05 bits per heavy atom. The zero-order chi connectivity index (χ0) is 14.6. The fourth-order valence-electron chi connectivity index (χ4n) is 2.84. The van der Waals surface area contributed by atoms with Crippen molar-refractivity contribution in [3.05, 3.63) is 26.8 Å². The largest absolute Gasteiger partial charge is 0.325 e. The summed E-state index contributed by atoms with van der Waals surface area (Å²) in [5.41, 5.74) is 0.650. The summed E-state index contributed by atoms with van der Waals surface area (Å²) in [5, 5.41) is 6.88. The van der Waals surface area contributed by atoms with E-state index in [9.17, 15) is 4.79 Å². The Hall–Kier alpha value is -0.330. The van der Waals surface area contributed by atoms with Gasteiger partial charge >= 0.3 is 0 Å².